The molecule has 0 saturated carbocycles. The van der Waals surface area contributed by atoms with E-state index < -0.39 is 6.10 Å². The number of hydrogen-bond donors (Lipinski definition) is 1. The minimum atomic E-state index is -0.488. The molecule has 4 nitrogen and oxygen atoms in total. The first kappa shape index (κ1) is 12.9. The lowest BCUT2D eigenvalue weighted by Gasteiger charge is -2.24. The molecule has 0 radical (unpaired) electrons. The van der Waals surface area contributed by atoms with E-state index in [1.165, 1.54) is 0 Å². The summed E-state index contributed by atoms with van der Waals surface area (Å²) in [5.41, 5.74) is 0.227. The molecule has 3 aliphatic rings. The van der Waals surface area contributed by atoms with E-state index in [2.05, 4.69) is 12.7 Å². The molecule has 0 bridgehead atoms. The molecule has 0 spiro atoms. The third kappa shape index (κ3) is 2.03. The van der Waals surface area contributed by atoms with Crippen molar-refractivity contribution < 1.29 is 19.4 Å². The standard InChI is InChI=1S/C15H20O4/c1-8-5-4-6-15(3)13(19-15)12-10(7-11(8)16)9(2)14(17)18-12/h4-5,8,10-13,16H,2,6-7H2,1,3H3/b5-4-/t8?,10-,11?,12-,13-,15+/m0/s1. The van der Waals surface area contributed by atoms with Crippen molar-refractivity contribution in [1.29, 1.82) is 0 Å². The van der Waals surface area contributed by atoms with Gasteiger partial charge >= 0.3 is 5.97 Å². The topological polar surface area (TPSA) is 59.1 Å². The number of aliphatic hydroxyl groups excluding tert-OH is 1. The Morgan fingerprint density at radius 2 is 2.26 bits per heavy atom. The maximum Gasteiger partial charge on any atom is 0.334 e. The van der Waals surface area contributed by atoms with Gasteiger partial charge in [0, 0.05) is 11.5 Å². The van der Waals surface area contributed by atoms with E-state index >= 15 is 0 Å². The Morgan fingerprint density at radius 3 is 3.00 bits per heavy atom. The normalized spacial score (nSPS) is 51.0. The molecule has 3 rings (SSSR count). The number of epoxide rings is 1. The molecule has 2 unspecified atom stereocenters. The summed E-state index contributed by atoms with van der Waals surface area (Å²) in [6.45, 7) is 7.84. The van der Waals surface area contributed by atoms with E-state index in [9.17, 15) is 9.90 Å². The summed E-state index contributed by atoms with van der Waals surface area (Å²) in [5, 5.41) is 10.2. The van der Waals surface area contributed by atoms with Crippen molar-refractivity contribution in [3.63, 3.8) is 0 Å². The van der Waals surface area contributed by atoms with Crippen LogP contribution in [0.15, 0.2) is 24.3 Å². The first-order valence-corrected chi connectivity index (χ1v) is 6.85. The largest absolute Gasteiger partial charge is 0.455 e. The summed E-state index contributed by atoms with van der Waals surface area (Å²) in [6.07, 6.45) is 4.50. The number of aliphatic hydroxyl groups is 1. The molecule has 6 atom stereocenters. The lowest BCUT2D eigenvalue weighted by molar-refractivity contribution is -0.140. The molecule has 0 aromatic heterocycles. The van der Waals surface area contributed by atoms with Crippen LogP contribution in [0.1, 0.15) is 26.7 Å². The second-order valence-electron chi connectivity index (χ2n) is 6.15. The maximum atomic E-state index is 11.7. The molecule has 1 aliphatic carbocycles. The number of hydrogen-bond acceptors (Lipinski definition) is 4. The number of ether oxygens (including phenoxy) is 2. The van der Waals surface area contributed by atoms with Crippen LogP contribution >= 0.6 is 0 Å². The molecule has 2 fully saturated rings. The Kier molecular flexibility index (Phi) is 2.84. The predicted octanol–water partition coefficient (Wildman–Crippen LogP) is 1.59. The number of esters is 1. The Balaban J connectivity index is 1.91. The third-order valence-corrected chi connectivity index (χ3v) is 4.65. The molecule has 104 valence electrons. The molecule has 19 heavy (non-hydrogen) atoms. The zero-order valence-corrected chi connectivity index (χ0v) is 11.3. The molecule has 2 saturated heterocycles. The van der Waals surface area contributed by atoms with Gasteiger partial charge in [-0.05, 0) is 25.7 Å². The van der Waals surface area contributed by atoms with Gasteiger partial charge in [-0.2, -0.15) is 0 Å². The Hall–Kier alpha value is -1.13. The molecule has 2 aliphatic heterocycles. The van der Waals surface area contributed by atoms with Crippen LogP contribution < -0.4 is 0 Å². The van der Waals surface area contributed by atoms with Gasteiger partial charge in [0.1, 0.15) is 12.2 Å². The van der Waals surface area contributed by atoms with Crippen molar-refractivity contribution >= 4 is 5.97 Å². The second kappa shape index (κ2) is 4.18. The van der Waals surface area contributed by atoms with Gasteiger partial charge in [0.05, 0.1) is 11.7 Å². The molecule has 4 heteroatoms. The van der Waals surface area contributed by atoms with Crippen LogP contribution in [-0.2, 0) is 14.3 Å². The smallest absolute Gasteiger partial charge is 0.334 e. The van der Waals surface area contributed by atoms with Crippen LogP contribution in [-0.4, -0.2) is 35.0 Å². The predicted molar refractivity (Wildman–Crippen MR) is 69.3 cm³/mol. The highest BCUT2D eigenvalue weighted by Crippen LogP contribution is 2.49. The Labute approximate surface area is 113 Å². The van der Waals surface area contributed by atoms with E-state index in [-0.39, 0.29) is 35.6 Å². The third-order valence-electron chi connectivity index (χ3n) is 4.65. The second-order valence-corrected chi connectivity index (χ2v) is 6.15. The van der Waals surface area contributed by atoms with Gasteiger partial charge in [0.2, 0.25) is 0 Å². The number of fused-ring (bicyclic) bond motifs is 3. The van der Waals surface area contributed by atoms with Crippen molar-refractivity contribution in [2.45, 2.75) is 50.6 Å². The molecular formula is C15H20O4. The van der Waals surface area contributed by atoms with Gasteiger partial charge < -0.3 is 14.6 Å². The molecular weight excluding hydrogens is 244 g/mol. The van der Waals surface area contributed by atoms with Crippen molar-refractivity contribution in [3.8, 4) is 0 Å². The quantitative estimate of drug-likeness (QED) is 0.312. The fourth-order valence-electron chi connectivity index (χ4n) is 3.13. The van der Waals surface area contributed by atoms with Crippen LogP contribution in [0.4, 0.5) is 0 Å². The summed E-state index contributed by atoms with van der Waals surface area (Å²) >= 11 is 0. The molecule has 1 N–H and O–H groups in total. The van der Waals surface area contributed by atoms with Crippen molar-refractivity contribution in [3.05, 3.63) is 24.3 Å². The molecule has 0 aromatic carbocycles. The SMILES string of the molecule is C=C1C(=O)O[C@H]2[C@H]1CC(O)C(C)/C=C\C[C@@]1(C)O[C@@H]21. The zero-order valence-electron chi connectivity index (χ0n) is 11.3. The highest BCUT2D eigenvalue weighted by molar-refractivity contribution is 5.91. The fraction of sp³-hybridized carbons (Fsp3) is 0.667. The summed E-state index contributed by atoms with van der Waals surface area (Å²) in [4.78, 5) is 11.7. The molecule has 0 aromatic rings. The van der Waals surface area contributed by atoms with Crippen LogP contribution in [0, 0.1) is 11.8 Å². The first-order chi connectivity index (χ1) is 8.92. The van der Waals surface area contributed by atoms with Crippen LogP contribution in [0.5, 0.6) is 0 Å². The van der Waals surface area contributed by atoms with Crippen LogP contribution in [0.3, 0.4) is 0 Å². The summed E-state index contributed by atoms with van der Waals surface area (Å²) in [7, 11) is 0. The maximum absolute atomic E-state index is 11.7. The highest BCUT2D eigenvalue weighted by Gasteiger charge is 2.61. The van der Waals surface area contributed by atoms with Crippen molar-refractivity contribution in [2.75, 3.05) is 0 Å². The van der Waals surface area contributed by atoms with E-state index in [1.807, 2.05) is 19.9 Å². The first-order valence-electron chi connectivity index (χ1n) is 6.85. The van der Waals surface area contributed by atoms with Crippen molar-refractivity contribution in [1.82, 2.24) is 0 Å². The molecule has 0 amide bonds. The van der Waals surface area contributed by atoms with E-state index in [0.29, 0.717) is 12.0 Å². The Bertz CT molecular complexity index is 455. The minimum absolute atomic E-state index is 0.0584. The van der Waals surface area contributed by atoms with Crippen molar-refractivity contribution in [2.24, 2.45) is 11.8 Å². The molecule has 2 heterocycles. The average molecular weight is 264 g/mol. The number of carbonyl (C=O) groups is 1. The monoisotopic (exact) mass is 264 g/mol. The number of carbonyl (C=O) groups excluding carboxylic acids is 1. The zero-order chi connectivity index (χ0) is 13.8. The van der Waals surface area contributed by atoms with E-state index in [1.54, 1.807) is 0 Å². The average Bonchev–Trinajstić information content (AvgIpc) is 2.95. The lowest BCUT2D eigenvalue weighted by atomic mass is 9.82. The summed E-state index contributed by atoms with van der Waals surface area (Å²) in [6, 6.07) is 0. The Morgan fingerprint density at radius 1 is 1.53 bits per heavy atom. The van der Waals surface area contributed by atoms with Gasteiger partial charge in [-0.3, -0.25) is 0 Å². The van der Waals surface area contributed by atoms with Gasteiger partial charge in [0.25, 0.3) is 0 Å². The van der Waals surface area contributed by atoms with E-state index in [0.717, 1.165) is 6.42 Å². The van der Waals surface area contributed by atoms with Crippen LogP contribution in [0.2, 0.25) is 0 Å². The summed E-state index contributed by atoms with van der Waals surface area (Å²) < 4.78 is 11.2. The van der Waals surface area contributed by atoms with Gasteiger partial charge in [-0.15, -0.1) is 0 Å². The van der Waals surface area contributed by atoms with Crippen LogP contribution in [0.25, 0.3) is 0 Å². The van der Waals surface area contributed by atoms with Gasteiger partial charge in [0.15, 0.2) is 0 Å². The number of rotatable bonds is 0. The van der Waals surface area contributed by atoms with Gasteiger partial charge in [-0.25, -0.2) is 4.79 Å². The highest BCUT2D eigenvalue weighted by atomic mass is 16.6. The summed E-state index contributed by atoms with van der Waals surface area (Å²) in [5.74, 6) is -0.425. The van der Waals surface area contributed by atoms with Gasteiger partial charge in [-0.1, -0.05) is 25.7 Å². The lowest BCUT2D eigenvalue weighted by Crippen LogP contribution is -2.32. The van der Waals surface area contributed by atoms with E-state index in [4.69, 9.17) is 9.47 Å². The fourth-order valence-corrected chi connectivity index (χ4v) is 3.13. The minimum Gasteiger partial charge on any atom is -0.455 e.